The highest BCUT2D eigenvalue weighted by atomic mass is 16.5. The van der Waals surface area contributed by atoms with Crippen molar-refractivity contribution in [3.8, 4) is 5.75 Å². The van der Waals surface area contributed by atoms with Crippen molar-refractivity contribution in [1.82, 2.24) is 9.88 Å². The van der Waals surface area contributed by atoms with E-state index in [1.165, 1.54) is 6.07 Å². The first-order valence-electron chi connectivity index (χ1n) is 10.1. The van der Waals surface area contributed by atoms with Gasteiger partial charge in [-0.05, 0) is 62.7 Å². The van der Waals surface area contributed by atoms with Gasteiger partial charge < -0.3 is 9.72 Å². The van der Waals surface area contributed by atoms with Crippen molar-refractivity contribution in [3.63, 3.8) is 0 Å². The van der Waals surface area contributed by atoms with Gasteiger partial charge in [-0.2, -0.15) is 0 Å². The summed E-state index contributed by atoms with van der Waals surface area (Å²) in [5, 5.41) is 0.953. The molecule has 0 radical (unpaired) electrons. The van der Waals surface area contributed by atoms with Crippen LogP contribution < -0.4 is 10.3 Å². The number of nitrogens with one attached hydrogen (secondary N) is 1. The zero-order valence-electron chi connectivity index (χ0n) is 16.7. The summed E-state index contributed by atoms with van der Waals surface area (Å²) in [6, 6.07) is 19.2. The van der Waals surface area contributed by atoms with Crippen LogP contribution in [-0.2, 0) is 10.2 Å². The molecule has 0 saturated carbocycles. The van der Waals surface area contributed by atoms with Crippen LogP contribution in [0.5, 0.6) is 5.75 Å². The molecular formula is C24H26N2O3. The van der Waals surface area contributed by atoms with Gasteiger partial charge in [0, 0.05) is 23.5 Å². The van der Waals surface area contributed by atoms with Crippen molar-refractivity contribution in [2.45, 2.75) is 25.2 Å². The average molecular weight is 390 g/mol. The third kappa shape index (κ3) is 4.10. The number of fused-ring (bicyclic) bond motifs is 1. The van der Waals surface area contributed by atoms with Crippen molar-refractivity contribution >= 4 is 16.7 Å². The summed E-state index contributed by atoms with van der Waals surface area (Å²) in [7, 11) is 0. The van der Waals surface area contributed by atoms with Gasteiger partial charge in [-0.1, -0.05) is 30.3 Å². The fraction of sp³-hybridized carbons (Fsp3) is 0.333. The second kappa shape index (κ2) is 8.21. The number of carbonyl (C=O) groups excluding carboxylic acids is 1. The number of likely N-dealkylation sites (tertiary alicyclic amines) is 1. The van der Waals surface area contributed by atoms with E-state index in [1.807, 2.05) is 36.4 Å². The molecule has 29 heavy (non-hydrogen) atoms. The number of rotatable bonds is 6. The van der Waals surface area contributed by atoms with Crippen LogP contribution >= 0.6 is 0 Å². The van der Waals surface area contributed by atoms with E-state index in [0.717, 1.165) is 54.7 Å². The van der Waals surface area contributed by atoms with Gasteiger partial charge in [0.25, 0.3) is 0 Å². The lowest BCUT2D eigenvalue weighted by molar-refractivity contribution is -0.124. The zero-order chi connectivity index (χ0) is 20.3. The minimum Gasteiger partial charge on any atom is -0.492 e. The van der Waals surface area contributed by atoms with Crippen molar-refractivity contribution in [1.29, 1.82) is 0 Å². The Hall–Kier alpha value is -2.92. The van der Waals surface area contributed by atoms with E-state index in [9.17, 15) is 9.59 Å². The van der Waals surface area contributed by atoms with Crippen LogP contribution in [0.15, 0.2) is 65.5 Å². The lowest BCUT2D eigenvalue weighted by atomic mass is 9.70. The number of aromatic nitrogens is 1. The number of hydrogen-bond donors (Lipinski definition) is 1. The highest BCUT2D eigenvalue weighted by Gasteiger charge is 2.40. The van der Waals surface area contributed by atoms with Gasteiger partial charge >= 0.3 is 0 Å². The number of benzene rings is 2. The molecule has 150 valence electrons. The van der Waals surface area contributed by atoms with Crippen LogP contribution in [0.3, 0.4) is 0 Å². The molecule has 1 aliphatic rings. The first-order chi connectivity index (χ1) is 14.1. The van der Waals surface area contributed by atoms with Gasteiger partial charge in [-0.3, -0.25) is 14.5 Å². The fourth-order valence-corrected chi connectivity index (χ4v) is 4.27. The Kier molecular flexibility index (Phi) is 5.49. The maximum atomic E-state index is 12.5. The van der Waals surface area contributed by atoms with E-state index in [4.69, 9.17) is 4.74 Å². The molecule has 3 aromatic rings. The second-order valence-electron chi connectivity index (χ2n) is 7.77. The molecule has 1 aromatic heterocycles. The normalized spacial score (nSPS) is 16.6. The third-order valence-electron chi connectivity index (χ3n) is 6.08. The van der Waals surface area contributed by atoms with Crippen LogP contribution in [0.1, 0.15) is 25.3 Å². The van der Waals surface area contributed by atoms with Crippen molar-refractivity contribution in [2.24, 2.45) is 0 Å². The Bertz CT molecular complexity index is 1050. The fourth-order valence-electron chi connectivity index (χ4n) is 4.27. The predicted octanol–water partition coefficient (Wildman–Crippen LogP) is 3.53. The van der Waals surface area contributed by atoms with E-state index in [2.05, 4.69) is 22.0 Å². The molecule has 5 heteroatoms. The Morgan fingerprint density at radius 2 is 1.83 bits per heavy atom. The van der Waals surface area contributed by atoms with E-state index in [1.54, 1.807) is 13.0 Å². The molecule has 1 saturated heterocycles. The molecule has 1 aliphatic heterocycles. The van der Waals surface area contributed by atoms with Gasteiger partial charge in [0.2, 0.25) is 5.56 Å². The van der Waals surface area contributed by atoms with Crippen LogP contribution in [0.2, 0.25) is 0 Å². The van der Waals surface area contributed by atoms with Gasteiger partial charge in [0.05, 0.1) is 5.41 Å². The lowest BCUT2D eigenvalue weighted by Gasteiger charge is -2.40. The van der Waals surface area contributed by atoms with Crippen LogP contribution in [0.4, 0.5) is 0 Å². The Morgan fingerprint density at radius 3 is 2.55 bits per heavy atom. The molecular weight excluding hydrogens is 364 g/mol. The van der Waals surface area contributed by atoms with E-state index in [-0.39, 0.29) is 16.8 Å². The number of ether oxygens (including phenoxy) is 1. The number of H-pyrrole nitrogens is 1. The zero-order valence-corrected chi connectivity index (χ0v) is 16.7. The number of nitrogens with zero attached hydrogens (tertiary/aromatic N) is 1. The highest BCUT2D eigenvalue weighted by molar-refractivity contribution is 5.88. The summed E-state index contributed by atoms with van der Waals surface area (Å²) in [6.45, 7) is 4.91. The Labute approximate surface area is 170 Å². The largest absolute Gasteiger partial charge is 0.492 e. The van der Waals surface area contributed by atoms with Crippen molar-refractivity contribution in [2.75, 3.05) is 26.2 Å². The predicted molar refractivity (Wildman–Crippen MR) is 115 cm³/mol. The van der Waals surface area contributed by atoms with Crippen LogP contribution in [-0.4, -0.2) is 41.9 Å². The van der Waals surface area contributed by atoms with Gasteiger partial charge in [0.1, 0.15) is 18.1 Å². The highest BCUT2D eigenvalue weighted by Crippen LogP contribution is 2.36. The Morgan fingerprint density at radius 1 is 1.07 bits per heavy atom. The molecule has 1 N–H and O–H groups in total. The maximum Gasteiger partial charge on any atom is 0.248 e. The van der Waals surface area contributed by atoms with Crippen molar-refractivity contribution in [3.05, 3.63) is 76.6 Å². The van der Waals surface area contributed by atoms with E-state index >= 15 is 0 Å². The molecule has 2 heterocycles. The first-order valence-corrected chi connectivity index (χ1v) is 10.1. The van der Waals surface area contributed by atoms with Crippen LogP contribution in [0.25, 0.3) is 10.9 Å². The SMILES string of the molecule is CC(=O)C1(c2ccccc2)CCN(CCOc2ccc3[nH]c(=O)ccc3c2)CC1. The number of Topliss-reactive ketones (excluding diaryl/α,β-unsaturated/α-hetero) is 1. The molecule has 0 unspecified atom stereocenters. The second-order valence-corrected chi connectivity index (χ2v) is 7.77. The monoisotopic (exact) mass is 390 g/mol. The summed E-state index contributed by atoms with van der Waals surface area (Å²) < 4.78 is 5.93. The van der Waals surface area contributed by atoms with Crippen molar-refractivity contribution < 1.29 is 9.53 Å². The molecule has 0 bridgehead atoms. The molecule has 0 amide bonds. The van der Waals surface area contributed by atoms with E-state index < -0.39 is 0 Å². The summed E-state index contributed by atoms with van der Waals surface area (Å²) in [5.74, 6) is 1.05. The standard InChI is InChI=1S/C24H26N2O3/c1-18(27)24(20-5-3-2-4-6-20)11-13-26(14-12-24)15-16-29-21-8-9-22-19(17-21)7-10-23(28)25-22/h2-10,17H,11-16H2,1H3,(H,25,28). The molecule has 0 atom stereocenters. The molecule has 5 nitrogen and oxygen atoms in total. The molecule has 2 aromatic carbocycles. The minimum absolute atomic E-state index is 0.103. The number of ketones is 1. The topological polar surface area (TPSA) is 62.4 Å². The molecule has 4 rings (SSSR count). The van der Waals surface area contributed by atoms with Crippen LogP contribution in [0, 0.1) is 0 Å². The van der Waals surface area contributed by atoms with E-state index in [0.29, 0.717) is 6.61 Å². The Balaban J connectivity index is 1.34. The van der Waals surface area contributed by atoms with Gasteiger partial charge in [0.15, 0.2) is 0 Å². The smallest absolute Gasteiger partial charge is 0.248 e. The van der Waals surface area contributed by atoms with Gasteiger partial charge in [-0.15, -0.1) is 0 Å². The number of hydrogen-bond acceptors (Lipinski definition) is 4. The summed E-state index contributed by atoms with van der Waals surface area (Å²) >= 11 is 0. The lowest BCUT2D eigenvalue weighted by Crippen LogP contribution is -2.47. The summed E-state index contributed by atoms with van der Waals surface area (Å²) in [4.78, 5) is 29.0. The molecule has 1 fully saturated rings. The third-order valence-corrected chi connectivity index (χ3v) is 6.08. The number of pyridine rings is 1. The quantitative estimate of drug-likeness (QED) is 0.699. The summed E-state index contributed by atoms with van der Waals surface area (Å²) in [5.41, 5.74) is 1.49. The summed E-state index contributed by atoms with van der Waals surface area (Å²) in [6.07, 6.45) is 1.69. The van der Waals surface area contributed by atoms with Gasteiger partial charge in [-0.25, -0.2) is 0 Å². The minimum atomic E-state index is -0.353. The number of aromatic amines is 1. The first kappa shape index (κ1) is 19.4. The molecule has 0 aliphatic carbocycles. The maximum absolute atomic E-state index is 12.5. The average Bonchev–Trinajstić information content (AvgIpc) is 2.75. The number of carbonyl (C=O) groups is 1. The molecule has 0 spiro atoms. The number of piperidine rings is 1.